The minimum absolute atomic E-state index is 0.127. The van der Waals surface area contributed by atoms with E-state index in [9.17, 15) is 0 Å². The van der Waals surface area contributed by atoms with Gasteiger partial charge in [0.25, 0.3) is 0 Å². The van der Waals surface area contributed by atoms with Crippen LogP contribution in [0.5, 0.6) is 11.6 Å². The molecule has 88 valence electrons. The summed E-state index contributed by atoms with van der Waals surface area (Å²) in [6.45, 7) is 0. The van der Waals surface area contributed by atoms with Crippen molar-refractivity contribution in [2.75, 3.05) is 5.73 Å². The Bertz CT molecular complexity index is 565. The molecule has 1 aromatic heterocycles. The largest absolute Gasteiger partial charge is 0.437 e. The number of benzene rings is 1. The molecule has 0 amide bonds. The Labute approximate surface area is 116 Å². The van der Waals surface area contributed by atoms with E-state index in [4.69, 9.17) is 33.7 Å². The highest BCUT2D eigenvalue weighted by Gasteiger charge is 2.08. The molecule has 0 unspecified atom stereocenters. The molecule has 0 saturated heterocycles. The van der Waals surface area contributed by atoms with Crippen LogP contribution < -0.4 is 10.5 Å². The summed E-state index contributed by atoms with van der Waals surface area (Å²) in [5.74, 6) is 0.831. The Morgan fingerprint density at radius 3 is 2.71 bits per heavy atom. The van der Waals surface area contributed by atoms with Crippen molar-refractivity contribution >= 4 is 45.1 Å². The second-order valence-electron chi connectivity index (χ2n) is 3.05. The molecule has 0 spiro atoms. The number of anilines is 1. The van der Waals surface area contributed by atoms with Crippen LogP contribution in [0.15, 0.2) is 28.9 Å². The van der Waals surface area contributed by atoms with E-state index in [1.54, 1.807) is 18.2 Å². The van der Waals surface area contributed by atoms with Gasteiger partial charge in [-0.15, -0.1) is 0 Å². The highest BCUT2D eigenvalue weighted by molar-refractivity contribution is 9.10. The fourth-order valence-corrected chi connectivity index (χ4v) is 1.94. The molecule has 0 aliphatic heterocycles. The lowest BCUT2D eigenvalue weighted by Gasteiger charge is -2.08. The number of hydrogen-bond donors (Lipinski definition) is 1. The van der Waals surface area contributed by atoms with Gasteiger partial charge in [-0.2, -0.15) is 4.98 Å². The summed E-state index contributed by atoms with van der Waals surface area (Å²) in [7, 11) is 0. The number of rotatable bonds is 2. The van der Waals surface area contributed by atoms with Crippen LogP contribution in [0.25, 0.3) is 0 Å². The molecule has 0 radical (unpaired) electrons. The van der Waals surface area contributed by atoms with Gasteiger partial charge < -0.3 is 10.5 Å². The number of halogens is 3. The van der Waals surface area contributed by atoms with Crippen LogP contribution in [0.4, 0.5) is 5.95 Å². The van der Waals surface area contributed by atoms with Gasteiger partial charge in [-0.05, 0) is 22.0 Å². The van der Waals surface area contributed by atoms with Crippen molar-refractivity contribution in [2.24, 2.45) is 0 Å². The van der Waals surface area contributed by atoms with Crippen molar-refractivity contribution in [2.45, 2.75) is 0 Å². The van der Waals surface area contributed by atoms with Crippen LogP contribution in [0.1, 0.15) is 0 Å². The van der Waals surface area contributed by atoms with E-state index in [-0.39, 0.29) is 5.95 Å². The molecule has 1 heterocycles. The predicted molar refractivity (Wildman–Crippen MR) is 70.7 cm³/mol. The van der Waals surface area contributed by atoms with E-state index in [0.29, 0.717) is 26.1 Å². The quantitative estimate of drug-likeness (QED) is 0.845. The second-order valence-corrected chi connectivity index (χ2v) is 4.72. The lowest BCUT2D eigenvalue weighted by atomic mass is 10.3. The summed E-state index contributed by atoms with van der Waals surface area (Å²) in [4.78, 5) is 7.65. The first-order chi connectivity index (χ1) is 8.06. The normalized spacial score (nSPS) is 10.3. The number of nitrogens with zero attached hydrogens (tertiary/aromatic N) is 2. The zero-order valence-corrected chi connectivity index (χ0v) is 11.4. The SMILES string of the molecule is Nc1nccc(Oc2cc(Cl)c(Br)cc2Cl)n1. The second kappa shape index (κ2) is 5.08. The maximum absolute atomic E-state index is 6.00. The topological polar surface area (TPSA) is 61.0 Å². The van der Waals surface area contributed by atoms with Gasteiger partial charge in [-0.1, -0.05) is 23.2 Å². The predicted octanol–water partition coefficient (Wildman–Crippen LogP) is 3.92. The Hall–Kier alpha value is -1.04. The van der Waals surface area contributed by atoms with E-state index in [1.807, 2.05) is 0 Å². The Morgan fingerprint density at radius 1 is 1.24 bits per heavy atom. The van der Waals surface area contributed by atoms with Crippen LogP contribution in [0, 0.1) is 0 Å². The van der Waals surface area contributed by atoms with Crippen LogP contribution in [0.2, 0.25) is 10.0 Å². The van der Waals surface area contributed by atoms with Gasteiger partial charge >= 0.3 is 0 Å². The molecule has 1 aromatic carbocycles. The van der Waals surface area contributed by atoms with Crippen LogP contribution in [-0.4, -0.2) is 9.97 Å². The average molecular weight is 335 g/mol. The molecule has 0 fully saturated rings. The van der Waals surface area contributed by atoms with Gasteiger partial charge in [-0.3, -0.25) is 0 Å². The summed E-state index contributed by atoms with van der Waals surface area (Å²) < 4.78 is 6.15. The fraction of sp³-hybridized carbons (Fsp3) is 0. The third kappa shape index (κ3) is 3.00. The minimum atomic E-state index is 0.127. The summed E-state index contributed by atoms with van der Waals surface area (Å²) >= 11 is 15.2. The highest BCUT2D eigenvalue weighted by Crippen LogP contribution is 2.35. The van der Waals surface area contributed by atoms with Crippen molar-refractivity contribution < 1.29 is 4.74 Å². The zero-order valence-electron chi connectivity index (χ0n) is 8.32. The van der Waals surface area contributed by atoms with E-state index in [2.05, 4.69) is 25.9 Å². The lowest BCUT2D eigenvalue weighted by molar-refractivity contribution is 0.463. The van der Waals surface area contributed by atoms with Crippen molar-refractivity contribution in [3.8, 4) is 11.6 Å². The molecule has 2 aromatic rings. The van der Waals surface area contributed by atoms with E-state index < -0.39 is 0 Å². The smallest absolute Gasteiger partial charge is 0.224 e. The van der Waals surface area contributed by atoms with Crippen molar-refractivity contribution in [1.29, 1.82) is 0 Å². The number of nitrogens with two attached hydrogens (primary N) is 1. The Kier molecular flexibility index (Phi) is 3.71. The molecule has 17 heavy (non-hydrogen) atoms. The Balaban J connectivity index is 2.33. The Morgan fingerprint density at radius 2 is 2.00 bits per heavy atom. The van der Waals surface area contributed by atoms with Gasteiger partial charge in [0, 0.05) is 22.8 Å². The lowest BCUT2D eigenvalue weighted by Crippen LogP contribution is -1.96. The minimum Gasteiger partial charge on any atom is -0.437 e. The third-order valence-corrected chi connectivity index (χ3v) is 3.33. The fourth-order valence-electron chi connectivity index (χ4n) is 1.11. The van der Waals surface area contributed by atoms with Crippen LogP contribution >= 0.6 is 39.1 Å². The van der Waals surface area contributed by atoms with Crippen LogP contribution in [-0.2, 0) is 0 Å². The summed E-state index contributed by atoms with van der Waals surface area (Å²) in [5.41, 5.74) is 5.44. The number of nitrogen functional groups attached to an aromatic ring is 1. The zero-order chi connectivity index (χ0) is 12.4. The van der Waals surface area contributed by atoms with E-state index in [0.717, 1.165) is 0 Å². The molecule has 0 aliphatic carbocycles. The van der Waals surface area contributed by atoms with Crippen LogP contribution in [0.3, 0.4) is 0 Å². The maximum Gasteiger partial charge on any atom is 0.224 e. The first-order valence-electron chi connectivity index (χ1n) is 4.47. The van der Waals surface area contributed by atoms with Crippen molar-refractivity contribution in [3.05, 3.63) is 38.9 Å². The monoisotopic (exact) mass is 333 g/mol. The highest BCUT2D eigenvalue weighted by atomic mass is 79.9. The molecule has 0 saturated carbocycles. The average Bonchev–Trinajstić information content (AvgIpc) is 2.26. The number of aromatic nitrogens is 2. The van der Waals surface area contributed by atoms with Gasteiger partial charge in [0.05, 0.1) is 10.0 Å². The first-order valence-corrected chi connectivity index (χ1v) is 6.02. The number of hydrogen-bond acceptors (Lipinski definition) is 4. The van der Waals surface area contributed by atoms with Crippen molar-refractivity contribution in [1.82, 2.24) is 9.97 Å². The molecule has 0 atom stereocenters. The summed E-state index contributed by atoms with van der Waals surface area (Å²) in [6.07, 6.45) is 1.49. The molecule has 2 N–H and O–H groups in total. The van der Waals surface area contributed by atoms with Gasteiger partial charge in [0.2, 0.25) is 11.8 Å². The molecule has 2 rings (SSSR count). The standard InChI is InChI=1S/C10H6BrCl2N3O/c11-5-3-7(13)8(4-6(5)12)17-9-1-2-15-10(14)16-9/h1-4H,(H2,14,15,16). The number of ether oxygens (including phenoxy) is 1. The summed E-state index contributed by atoms with van der Waals surface area (Å²) in [6, 6.07) is 4.80. The van der Waals surface area contributed by atoms with Gasteiger partial charge in [-0.25, -0.2) is 4.98 Å². The molecule has 7 heteroatoms. The molecule has 0 aliphatic rings. The third-order valence-electron chi connectivity index (χ3n) is 1.84. The molecular formula is C10H6BrCl2N3O. The van der Waals surface area contributed by atoms with Gasteiger partial charge in [0.1, 0.15) is 5.75 Å². The first kappa shape index (κ1) is 12.4. The maximum atomic E-state index is 6.00. The summed E-state index contributed by atoms with van der Waals surface area (Å²) in [5, 5.41) is 0.907. The molecule has 0 bridgehead atoms. The van der Waals surface area contributed by atoms with Gasteiger partial charge in [0.15, 0.2) is 0 Å². The van der Waals surface area contributed by atoms with E-state index in [1.165, 1.54) is 6.20 Å². The van der Waals surface area contributed by atoms with Crippen molar-refractivity contribution in [3.63, 3.8) is 0 Å². The molecule has 4 nitrogen and oxygen atoms in total. The molecular weight excluding hydrogens is 329 g/mol. The van der Waals surface area contributed by atoms with E-state index >= 15 is 0 Å².